The lowest BCUT2D eigenvalue weighted by Crippen LogP contribution is -2.13. The number of rotatable bonds is 3. The van der Waals surface area contributed by atoms with Crippen LogP contribution in [0.5, 0.6) is 0 Å². The van der Waals surface area contributed by atoms with Crippen LogP contribution in [0.3, 0.4) is 0 Å². The molecule has 0 spiro atoms. The fraction of sp³-hybridized carbons (Fsp3) is 0.0714. The van der Waals surface area contributed by atoms with Crippen LogP contribution in [0.4, 0.5) is 0 Å². The molecule has 2 aromatic carbocycles. The van der Waals surface area contributed by atoms with Crippen LogP contribution in [-0.2, 0) is 10.0 Å². The predicted molar refractivity (Wildman–Crippen MR) is 73.4 cm³/mol. The molecule has 5 heteroatoms. The molecule has 0 saturated heterocycles. The first-order valence-corrected chi connectivity index (χ1v) is 7.17. The smallest absolute Gasteiger partial charge is 0.238 e. The third-order valence-electron chi connectivity index (χ3n) is 2.99. The van der Waals surface area contributed by atoms with E-state index in [0.29, 0.717) is 16.7 Å². The first-order chi connectivity index (χ1) is 8.95. The predicted octanol–water partition coefficient (Wildman–Crippen LogP) is 2.12. The molecule has 0 aliphatic rings. The summed E-state index contributed by atoms with van der Waals surface area (Å²) in [6, 6.07) is 11.7. The minimum absolute atomic E-state index is 0.0566. The van der Waals surface area contributed by atoms with Gasteiger partial charge in [-0.2, -0.15) is 0 Å². The monoisotopic (exact) mass is 275 g/mol. The van der Waals surface area contributed by atoms with E-state index in [1.54, 1.807) is 43.3 Å². The lowest BCUT2D eigenvalue weighted by molar-refractivity contribution is 0.112. The first-order valence-electron chi connectivity index (χ1n) is 5.62. The lowest BCUT2D eigenvalue weighted by atomic mass is 9.97. The van der Waals surface area contributed by atoms with E-state index in [9.17, 15) is 13.2 Å². The van der Waals surface area contributed by atoms with Gasteiger partial charge in [-0.25, -0.2) is 13.6 Å². The summed E-state index contributed by atoms with van der Waals surface area (Å²) in [4.78, 5) is 11.0. The quantitative estimate of drug-likeness (QED) is 0.872. The Morgan fingerprint density at radius 3 is 2.26 bits per heavy atom. The minimum atomic E-state index is -3.81. The van der Waals surface area contributed by atoms with Crippen LogP contribution in [0.15, 0.2) is 47.4 Å². The zero-order valence-corrected chi connectivity index (χ0v) is 11.1. The van der Waals surface area contributed by atoms with Crippen molar-refractivity contribution in [3.05, 3.63) is 53.6 Å². The largest absolute Gasteiger partial charge is 0.298 e. The van der Waals surface area contributed by atoms with Gasteiger partial charge in [-0.15, -0.1) is 0 Å². The molecule has 0 aromatic heterocycles. The fourth-order valence-corrected chi connectivity index (χ4v) is 2.76. The van der Waals surface area contributed by atoms with Gasteiger partial charge < -0.3 is 0 Å². The highest BCUT2D eigenvalue weighted by atomic mass is 32.2. The summed E-state index contributed by atoms with van der Waals surface area (Å²) < 4.78 is 23.2. The van der Waals surface area contributed by atoms with Gasteiger partial charge in [0.2, 0.25) is 10.0 Å². The summed E-state index contributed by atoms with van der Waals surface area (Å²) in [5.74, 6) is 0. The maximum absolute atomic E-state index is 11.6. The summed E-state index contributed by atoms with van der Waals surface area (Å²) >= 11 is 0. The van der Waals surface area contributed by atoms with E-state index in [0.717, 1.165) is 11.8 Å². The molecule has 2 rings (SSSR count). The Bertz CT molecular complexity index is 736. The summed E-state index contributed by atoms with van der Waals surface area (Å²) in [6.07, 6.45) is 0.748. The van der Waals surface area contributed by atoms with Crippen LogP contribution in [0, 0.1) is 6.92 Å². The molecular formula is C14H13NO3S. The number of benzene rings is 2. The van der Waals surface area contributed by atoms with Gasteiger partial charge in [-0.05, 0) is 24.1 Å². The molecule has 0 bridgehead atoms. The fourth-order valence-electron chi connectivity index (χ4n) is 2.01. The van der Waals surface area contributed by atoms with Gasteiger partial charge in [0, 0.05) is 11.1 Å². The van der Waals surface area contributed by atoms with Crippen molar-refractivity contribution in [3.63, 3.8) is 0 Å². The Hall–Kier alpha value is -1.98. The molecule has 0 radical (unpaired) electrons. The Balaban J connectivity index is 2.77. The van der Waals surface area contributed by atoms with E-state index in [1.807, 2.05) is 0 Å². The Morgan fingerprint density at radius 1 is 1.00 bits per heavy atom. The average molecular weight is 275 g/mol. The van der Waals surface area contributed by atoms with Crippen molar-refractivity contribution in [2.24, 2.45) is 5.14 Å². The van der Waals surface area contributed by atoms with Crippen molar-refractivity contribution in [1.29, 1.82) is 0 Å². The summed E-state index contributed by atoms with van der Waals surface area (Å²) in [6.45, 7) is 1.78. The normalized spacial score (nSPS) is 11.3. The zero-order chi connectivity index (χ0) is 14.0. The van der Waals surface area contributed by atoms with Crippen molar-refractivity contribution in [1.82, 2.24) is 0 Å². The molecular weight excluding hydrogens is 262 g/mol. The zero-order valence-electron chi connectivity index (χ0n) is 10.3. The molecule has 0 fully saturated rings. The van der Waals surface area contributed by atoms with Crippen molar-refractivity contribution >= 4 is 16.3 Å². The number of sulfonamides is 1. The molecule has 0 heterocycles. The van der Waals surface area contributed by atoms with Gasteiger partial charge in [0.15, 0.2) is 0 Å². The molecule has 0 atom stereocenters. The number of primary sulfonamides is 1. The number of hydrogen-bond acceptors (Lipinski definition) is 3. The third kappa shape index (κ3) is 2.57. The van der Waals surface area contributed by atoms with Crippen molar-refractivity contribution < 1.29 is 13.2 Å². The second-order valence-electron chi connectivity index (χ2n) is 4.18. The van der Waals surface area contributed by atoms with E-state index >= 15 is 0 Å². The van der Waals surface area contributed by atoms with Crippen LogP contribution in [0.25, 0.3) is 11.1 Å². The standard InChI is InChI=1S/C14H13NO3S/c1-10-11(9-16)5-4-7-12(10)13-6-2-3-8-14(13)19(15,17)18/h2-9H,1H3,(H2,15,17,18). The second-order valence-corrected chi connectivity index (χ2v) is 5.71. The van der Waals surface area contributed by atoms with E-state index in [1.165, 1.54) is 6.07 Å². The molecule has 2 aromatic rings. The number of carbonyl (C=O) groups is 1. The number of nitrogens with two attached hydrogens (primary N) is 1. The number of carbonyl (C=O) groups excluding carboxylic acids is 1. The first kappa shape index (κ1) is 13.5. The van der Waals surface area contributed by atoms with Crippen molar-refractivity contribution in [3.8, 4) is 11.1 Å². The highest BCUT2D eigenvalue weighted by molar-refractivity contribution is 7.89. The maximum Gasteiger partial charge on any atom is 0.238 e. The second kappa shape index (κ2) is 4.95. The molecule has 98 valence electrons. The van der Waals surface area contributed by atoms with E-state index < -0.39 is 10.0 Å². The summed E-state index contributed by atoms with van der Waals surface area (Å²) in [5.41, 5.74) is 2.45. The summed E-state index contributed by atoms with van der Waals surface area (Å²) in [7, 11) is -3.81. The van der Waals surface area contributed by atoms with Crippen LogP contribution < -0.4 is 5.14 Å². The molecule has 0 aliphatic carbocycles. The van der Waals surface area contributed by atoms with E-state index in [4.69, 9.17) is 5.14 Å². The van der Waals surface area contributed by atoms with Crippen molar-refractivity contribution in [2.75, 3.05) is 0 Å². The van der Waals surface area contributed by atoms with Gasteiger partial charge in [-0.1, -0.05) is 36.4 Å². The molecule has 0 unspecified atom stereocenters. The van der Waals surface area contributed by atoms with Crippen LogP contribution in [-0.4, -0.2) is 14.7 Å². The van der Waals surface area contributed by atoms with Gasteiger partial charge >= 0.3 is 0 Å². The third-order valence-corrected chi connectivity index (χ3v) is 3.96. The van der Waals surface area contributed by atoms with Crippen LogP contribution in [0.2, 0.25) is 0 Å². The Kier molecular flexibility index (Phi) is 3.50. The van der Waals surface area contributed by atoms with Gasteiger partial charge in [0.25, 0.3) is 0 Å². The molecule has 2 N–H and O–H groups in total. The summed E-state index contributed by atoms with van der Waals surface area (Å²) in [5, 5.41) is 5.22. The molecule has 19 heavy (non-hydrogen) atoms. The average Bonchev–Trinajstić information content (AvgIpc) is 2.38. The minimum Gasteiger partial charge on any atom is -0.298 e. The topological polar surface area (TPSA) is 77.2 Å². The molecule has 4 nitrogen and oxygen atoms in total. The Morgan fingerprint density at radius 2 is 1.63 bits per heavy atom. The van der Waals surface area contributed by atoms with Crippen LogP contribution >= 0.6 is 0 Å². The van der Waals surface area contributed by atoms with E-state index in [2.05, 4.69) is 0 Å². The van der Waals surface area contributed by atoms with Gasteiger partial charge in [-0.3, -0.25) is 4.79 Å². The maximum atomic E-state index is 11.6. The number of aldehydes is 1. The van der Waals surface area contributed by atoms with E-state index in [-0.39, 0.29) is 4.90 Å². The number of hydrogen-bond donors (Lipinski definition) is 1. The van der Waals surface area contributed by atoms with Gasteiger partial charge in [0.05, 0.1) is 4.90 Å². The van der Waals surface area contributed by atoms with Crippen LogP contribution in [0.1, 0.15) is 15.9 Å². The highest BCUT2D eigenvalue weighted by Gasteiger charge is 2.16. The van der Waals surface area contributed by atoms with Gasteiger partial charge in [0.1, 0.15) is 6.29 Å². The van der Waals surface area contributed by atoms with Crippen molar-refractivity contribution in [2.45, 2.75) is 11.8 Å². The molecule has 0 aliphatic heterocycles. The highest BCUT2D eigenvalue weighted by Crippen LogP contribution is 2.30. The lowest BCUT2D eigenvalue weighted by Gasteiger charge is -2.11. The Labute approximate surface area is 111 Å². The molecule has 0 saturated carbocycles. The molecule has 0 amide bonds. The SMILES string of the molecule is Cc1c(C=O)cccc1-c1ccccc1S(N)(=O)=O.